The second-order valence-electron chi connectivity index (χ2n) is 6.01. The molecule has 0 N–H and O–H groups in total. The molecule has 7 heteroatoms. The highest BCUT2D eigenvalue weighted by molar-refractivity contribution is 9.09. The molecule has 0 amide bonds. The van der Waals surface area contributed by atoms with Gasteiger partial charge in [0.25, 0.3) is 0 Å². The lowest BCUT2D eigenvalue weighted by molar-refractivity contribution is 0.262. The number of rotatable bonds is 8. The summed E-state index contributed by atoms with van der Waals surface area (Å²) in [6, 6.07) is 6.87. The van der Waals surface area contributed by atoms with Crippen LogP contribution in [0.25, 0.3) is 11.1 Å². The molecule has 0 fully saturated rings. The highest BCUT2D eigenvalue weighted by Crippen LogP contribution is 2.27. The second-order valence-corrected chi connectivity index (χ2v) is 7.84. The van der Waals surface area contributed by atoms with Crippen LogP contribution in [0.5, 0.6) is 5.88 Å². The van der Waals surface area contributed by atoms with Crippen molar-refractivity contribution < 1.29 is 17.5 Å². The van der Waals surface area contributed by atoms with Crippen LogP contribution in [0.4, 0.5) is 4.39 Å². The zero-order valence-corrected chi connectivity index (χ0v) is 16.6. The Morgan fingerprint density at radius 2 is 2.08 bits per heavy atom. The number of nitrogens with zero attached hydrogens (tertiary/aromatic N) is 1. The zero-order valence-electron chi connectivity index (χ0n) is 14.2. The van der Waals surface area contributed by atoms with Gasteiger partial charge in [-0.15, -0.1) is 0 Å². The first-order chi connectivity index (χ1) is 11.9. The van der Waals surface area contributed by atoms with E-state index < -0.39 is 10.7 Å². The molecule has 0 saturated carbocycles. The standard InChI is InChI=1S/C18H21BrFNO3S/c1-12(11-25(22)23)10-24-18-7-13(2)16(9-21-18)14-3-4-17(20)15(8-14)5-6-19/h3-4,7-9,12,25H,5-6,10-11H2,1-2H3. The normalized spacial score (nSPS) is 12.4. The molecule has 4 nitrogen and oxygen atoms in total. The quantitative estimate of drug-likeness (QED) is 0.512. The van der Waals surface area contributed by atoms with Crippen molar-refractivity contribution in [3.05, 3.63) is 47.4 Å². The number of halogens is 2. The number of aromatic nitrogens is 1. The van der Waals surface area contributed by atoms with E-state index in [0.717, 1.165) is 16.7 Å². The van der Waals surface area contributed by atoms with Crippen molar-refractivity contribution in [1.82, 2.24) is 4.98 Å². The van der Waals surface area contributed by atoms with Gasteiger partial charge in [-0.05, 0) is 42.2 Å². The predicted molar refractivity (Wildman–Crippen MR) is 102 cm³/mol. The van der Waals surface area contributed by atoms with Crippen molar-refractivity contribution in [3.8, 4) is 17.0 Å². The van der Waals surface area contributed by atoms with E-state index >= 15 is 0 Å². The summed E-state index contributed by atoms with van der Waals surface area (Å²) in [5.74, 6) is 0.251. The van der Waals surface area contributed by atoms with Crippen molar-refractivity contribution in [2.24, 2.45) is 5.92 Å². The highest BCUT2D eigenvalue weighted by Gasteiger charge is 2.10. The fourth-order valence-corrected chi connectivity index (χ4v) is 3.52. The van der Waals surface area contributed by atoms with Crippen LogP contribution in [0.15, 0.2) is 30.5 Å². The van der Waals surface area contributed by atoms with Gasteiger partial charge in [0, 0.05) is 29.1 Å². The van der Waals surface area contributed by atoms with Gasteiger partial charge in [0.1, 0.15) is 16.5 Å². The molecule has 0 saturated heterocycles. The minimum Gasteiger partial charge on any atom is -0.477 e. The maximum absolute atomic E-state index is 13.8. The van der Waals surface area contributed by atoms with Gasteiger partial charge in [-0.2, -0.15) is 0 Å². The number of thiol groups is 1. The van der Waals surface area contributed by atoms with E-state index in [1.54, 1.807) is 12.3 Å². The molecule has 0 spiro atoms. The molecule has 1 aromatic carbocycles. The number of hydrogen-bond acceptors (Lipinski definition) is 4. The van der Waals surface area contributed by atoms with Crippen LogP contribution in [0.1, 0.15) is 18.1 Å². The van der Waals surface area contributed by atoms with E-state index in [9.17, 15) is 12.8 Å². The molecule has 25 heavy (non-hydrogen) atoms. The van der Waals surface area contributed by atoms with Gasteiger partial charge in [0.05, 0.1) is 12.4 Å². The minimum atomic E-state index is -2.41. The Labute approximate surface area is 157 Å². The Kier molecular flexibility index (Phi) is 7.38. The Morgan fingerprint density at radius 3 is 2.72 bits per heavy atom. The fourth-order valence-electron chi connectivity index (χ4n) is 2.48. The third-order valence-corrected chi connectivity index (χ3v) is 5.10. The first kappa shape index (κ1) is 19.8. The summed E-state index contributed by atoms with van der Waals surface area (Å²) in [4.78, 5) is 4.29. The highest BCUT2D eigenvalue weighted by atomic mass is 79.9. The summed E-state index contributed by atoms with van der Waals surface area (Å²) in [5.41, 5.74) is 3.45. The molecular weight excluding hydrogens is 409 g/mol. The average molecular weight is 430 g/mol. The van der Waals surface area contributed by atoms with Gasteiger partial charge < -0.3 is 4.74 Å². The number of aryl methyl sites for hydroxylation is 2. The monoisotopic (exact) mass is 429 g/mol. The van der Waals surface area contributed by atoms with Crippen LogP contribution in [-0.2, 0) is 17.1 Å². The number of pyridine rings is 1. The first-order valence-electron chi connectivity index (χ1n) is 7.96. The Bertz CT molecular complexity index is 803. The zero-order chi connectivity index (χ0) is 18.4. The second kappa shape index (κ2) is 9.29. The number of alkyl halides is 1. The van der Waals surface area contributed by atoms with Crippen LogP contribution in [0, 0.1) is 18.7 Å². The van der Waals surface area contributed by atoms with Crippen molar-refractivity contribution in [1.29, 1.82) is 0 Å². The fraction of sp³-hybridized carbons (Fsp3) is 0.389. The molecule has 1 atom stereocenters. The summed E-state index contributed by atoms with van der Waals surface area (Å²) < 4.78 is 40.8. The summed E-state index contributed by atoms with van der Waals surface area (Å²) in [5, 5.41) is 0.699. The third-order valence-electron chi connectivity index (χ3n) is 3.78. The molecule has 1 aromatic heterocycles. The predicted octanol–water partition coefficient (Wildman–Crippen LogP) is 3.76. The number of benzene rings is 1. The summed E-state index contributed by atoms with van der Waals surface area (Å²) in [6.45, 7) is 4.05. The van der Waals surface area contributed by atoms with E-state index in [1.165, 1.54) is 6.07 Å². The molecule has 0 bridgehead atoms. The van der Waals surface area contributed by atoms with Crippen LogP contribution in [0.3, 0.4) is 0 Å². The maximum atomic E-state index is 13.8. The minimum absolute atomic E-state index is 0.0909. The molecule has 1 unspecified atom stereocenters. The Hall–Kier alpha value is -1.47. The van der Waals surface area contributed by atoms with Crippen LogP contribution < -0.4 is 4.74 Å². The lowest BCUT2D eigenvalue weighted by Crippen LogP contribution is -2.14. The summed E-state index contributed by atoms with van der Waals surface area (Å²) >= 11 is 3.34. The van der Waals surface area contributed by atoms with E-state index in [2.05, 4.69) is 20.9 Å². The van der Waals surface area contributed by atoms with Crippen molar-refractivity contribution in [2.45, 2.75) is 20.3 Å². The largest absolute Gasteiger partial charge is 0.477 e. The van der Waals surface area contributed by atoms with Gasteiger partial charge in [-0.3, -0.25) is 0 Å². The smallest absolute Gasteiger partial charge is 0.213 e. The van der Waals surface area contributed by atoms with Gasteiger partial charge in [0.2, 0.25) is 5.88 Å². The molecule has 2 rings (SSSR count). The molecule has 0 radical (unpaired) electrons. The molecule has 2 aromatic rings. The third kappa shape index (κ3) is 5.78. The van der Waals surface area contributed by atoms with Gasteiger partial charge in [-0.25, -0.2) is 17.8 Å². The average Bonchev–Trinajstić information content (AvgIpc) is 2.55. The van der Waals surface area contributed by atoms with Gasteiger partial charge in [0.15, 0.2) is 0 Å². The van der Waals surface area contributed by atoms with E-state index in [1.807, 2.05) is 26.0 Å². The summed E-state index contributed by atoms with van der Waals surface area (Å²) in [7, 11) is -2.41. The number of ether oxygens (including phenoxy) is 1. The molecule has 0 aliphatic carbocycles. The van der Waals surface area contributed by atoms with Crippen molar-refractivity contribution in [3.63, 3.8) is 0 Å². The van der Waals surface area contributed by atoms with E-state index in [-0.39, 0.29) is 17.5 Å². The van der Waals surface area contributed by atoms with Crippen molar-refractivity contribution >= 4 is 26.6 Å². The molecule has 136 valence electrons. The van der Waals surface area contributed by atoms with E-state index in [0.29, 0.717) is 29.8 Å². The topological polar surface area (TPSA) is 56.3 Å². The lowest BCUT2D eigenvalue weighted by atomic mass is 10.00. The van der Waals surface area contributed by atoms with Gasteiger partial charge >= 0.3 is 0 Å². The van der Waals surface area contributed by atoms with Gasteiger partial charge in [-0.1, -0.05) is 28.9 Å². The van der Waals surface area contributed by atoms with Crippen molar-refractivity contribution in [2.75, 3.05) is 17.7 Å². The van der Waals surface area contributed by atoms with Crippen LogP contribution in [-0.4, -0.2) is 31.1 Å². The lowest BCUT2D eigenvalue weighted by Gasteiger charge is -2.12. The van der Waals surface area contributed by atoms with Crippen LogP contribution >= 0.6 is 15.9 Å². The Morgan fingerprint density at radius 1 is 1.32 bits per heavy atom. The molecule has 0 aliphatic rings. The maximum Gasteiger partial charge on any atom is 0.213 e. The number of hydrogen-bond donors (Lipinski definition) is 1. The summed E-state index contributed by atoms with van der Waals surface area (Å²) in [6.07, 6.45) is 2.32. The molecular formula is C18H21BrFNO3S. The first-order valence-corrected chi connectivity index (χ1v) is 10.4. The Balaban J connectivity index is 2.15. The SMILES string of the molecule is Cc1cc(OCC(C)C[SH](=O)=O)ncc1-c1ccc(F)c(CCBr)c1. The molecule has 1 heterocycles. The van der Waals surface area contributed by atoms with Crippen LogP contribution in [0.2, 0.25) is 0 Å². The molecule has 0 aliphatic heterocycles. The van der Waals surface area contributed by atoms with E-state index in [4.69, 9.17) is 4.74 Å².